The Morgan fingerprint density at radius 1 is 0.976 bits per heavy atom. The first kappa shape index (κ1) is 31.1. The predicted octanol–water partition coefficient (Wildman–Crippen LogP) is 7.20. The molecule has 1 heterocycles. The van der Waals surface area contributed by atoms with Crippen molar-refractivity contribution < 1.29 is 23.8 Å². The molecule has 7 nitrogen and oxygen atoms in total. The van der Waals surface area contributed by atoms with Crippen LogP contribution in [0.3, 0.4) is 0 Å². The second kappa shape index (κ2) is 13.9. The maximum atomic E-state index is 13.6. The van der Waals surface area contributed by atoms with Crippen LogP contribution in [0.5, 0.6) is 5.75 Å². The van der Waals surface area contributed by atoms with E-state index in [2.05, 4.69) is 36.9 Å². The molecule has 0 N–H and O–H groups in total. The topological polar surface area (TPSA) is 68.3 Å². The lowest BCUT2D eigenvalue weighted by molar-refractivity contribution is 0.00882. The molecule has 0 radical (unpaired) electrons. The van der Waals surface area contributed by atoms with Gasteiger partial charge >= 0.3 is 12.1 Å². The quantitative estimate of drug-likeness (QED) is 0.253. The van der Waals surface area contributed by atoms with E-state index in [9.17, 15) is 9.59 Å². The van der Waals surface area contributed by atoms with Gasteiger partial charge in [0.1, 0.15) is 18.0 Å². The Labute approximate surface area is 250 Å². The Hall–Kier alpha value is -3.84. The molecule has 0 unspecified atom stereocenters. The number of likely N-dealkylation sites (tertiary alicyclic amines) is 1. The summed E-state index contributed by atoms with van der Waals surface area (Å²) in [5.74, 6) is 0.406. The van der Waals surface area contributed by atoms with E-state index in [1.165, 1.54) is 7.11 Å². The van der Waals surface area contributed by atoms with E-state index < -0.39 is 5.60 Å². The van der Waals surface area contributed by atoms with Crippen LogP contribution in [0.1, 0.15) is 63.4 Å². The van der Waals surface area contributed by atoms with Crippen molar-refractivity contribution in [2.45, 2.75) is 65.1 Å². The van der Waals surface area contributed by atoms with Crippen LogP contribution in [-0.4, -0.2) is 72.9 Å². The summed E-state index contributed by atoms with van der Waals surface area (Å²) in [6.45, 7) is 12.6. The third-order valence-corrected chi connectivity index (χ3v) is 7.54. The largest absolute Gasteiger partial charge is 0.489 e. The lowest BCUT2D eigenvalue weighted by atomic mass is 10.0. The van der Waals surface area contributed by atoms with Gasteiger partial charge < -0.3 is 24.0 Å². The van der Waals surface area contributed by atoms with Gasteiger partial charge in [-0.15, -0.1) is 0 Å². The Bertz CT molecular complexity index is 1380. The summed E-state index contributed by atoms with van der Waals surface area (Å²) >= 11 is 0. The van der Waals surface area contributed by atoms with Crippen molar-refractivity contribution in [2.75, 3.05) is 33.4 Å². The number of carbonyl (C=O) groups excluding carboxylic acids is 2. The van der Waals surface area contributed by atoms with Crippen LogP contribution in [0.2, 0.25) is 0 Å². The van der Waals surface area contributed by atoms with Crippen LogP contribution >= 0.6 is 0 Å². The smallest absolute Gasteiger partial charge is 0.410 e. The van der Waals surface area contributed by atoms with E-state index in [1.807, 2.05) is 68.1 Å². The fourth-order valence-electron chi connectivity index (χ4n) is 5.29. The number of benzene rings is 3. The molecule has 1 amide bonds. The molecule has 1 fully saturated rings. The van der Waals surface area contributed by atoms with Gasteiger partial charge in [0.05, 0.1) is 12.7 Å². The second-order valence-corrected chi connectivity index (χ2v) is 12.2. The molecule has 0 aromatic heterocycles. The molecule has 1 aliphatic rings. The van der Waals surface area contributed by atoms with Crippen LogP contribution in [0.15, 0.2) is 72.3 Å². The SMILES string of the molecule is COC(=O)c1ccc(/C=C(\COc2cccc3ccccc23)CN(C(=O)OC(C)(C)C)C2CCN(C(C)C)CC2)cc1. The van der Waals surface area contributed by atoms with Crippen molar-refractivity contribution >= 4 is 28.9 Å². The molecule has 0 atom stereocenters. The number of piperidine rings is 1. The fraction of sp³-hybridized carbons (Fsp3) is 0.429. The highest BCUT2D eigenvalue weighted by Crippen LogP contribution is 2.27. The maximum absolute atomic E-state index is 13.6. The Morgan fingerprint density at radius 3 is 2.29 bits per heavy atom. The molecule has 3 aromatic carbocycles. The number of esters is 1. The minimum absolute atomic E-state index is 0.0532. The van der Waals surface area contributed by atoms with Gasteiger partial charge in [0.25, 0.3) is 0 Å². The third kappa shape index (κ3) is 8.35. The summed E-state index contributed by atoms with van der Waals surface area (Å²) in [6.07, 6.45) is 3.47. The molecular weight excluding hydrogens is 528 g/mol. The molecule has 3 aromatic rings. The predicted molar refractivity (Wildman–Crippen MR) is 168 cm³/mol. The summed E-state index contributed by atoms with van der Waals surface area (Å²) in [4.78, 5) is 29.9. The van der Waals surface area contributed by atoms with Gasteiger partial charge in [-0.3, -0.25) is 0 Å². The number of methoxy groups -OCH3 is 1. The lowest BCUT2D eigenvalue weighted by Crippen LogP contribution is -2.50. The number of rotatable bonds is 9. The summed E-state index contributed by atoms with van der Waals surface area (Å²) in [5.41, 5.74) is 1.69. The monoisotopic (exact) mass is 572 g/mol. The van der Waals surface area contributed by atoms with E-state index >= 15 is 0 Å². The highest BCUT2D eigenvalue weighted by Gasteiger charge is 2.32. The number of fused-ring (bicyclic) bond motifs is 1. The fourth-order valence-corrected chi connectivity index (χ4v) is 5.29. The maximum Gasteiger partial charge on any atom is 0.410 e. The summed E-state index contributed by atoms with van der Waals surface area (Å²) in [7, 11) is 1.37. The molecule has 4 rings (SSSR count). The zero-order valence-corrected chi connectivity index (χ0v) is 25.8. The first-order valence-electron chi connectivity index (χ1n) is 14.8. The van der Waals surface area contributed by atoms with Crippen molar-refractivity contribution in [3.05, 3.63) is 83.4 Å². The third-order valence-electron chi connectivity index (χ3n) is 7.54. The van der Waals surface area contributed by atoms with Crippen molar-refractivity contribution in [2.24, 2.45) is 0 Å². The number of hydrogen-bond acceptors (Lipinski definition) is 6. The molecule has 0 aliphatic carbocycles. The van der Waals surface area contributed by atoms with Crippen molar-refractivity contribution in [1.82, 2.24) is 9.80 Å². The summed E-state index contributed by atoms with van der Waals surface area (Å²) in [5, 5.41) is 2.14. The van der Waals surface area contributed by atoms with Crippen molar-refractivity contribution in [3.8, 4) is 5.75 Å². The van der Waals surface area contributed by atoms with E-state index in [4.69, 9.17) is 14.2 Å². The second-order valence-electron chi connectivity index (χ2n) is 12.2. The zero-order chi connectivity index (χ0) is 30.3. The molecule has 224 valence electrons. The van der Waals surface area contributed by atoms with Gasteiger partial charge in [0.2, 0.25) is 0 Å². The average molecular weight is 573 g/mol. The number of carbonyl (C=O) groups is 2. The van der Waals surface area contributed by atoms with Gasteiger partial charge in [0.15, 0.2) is 0 Å². The molecule has 42 heavy (non-hydrogen) atoms. The van der Waals surface area contributed by atoms with Gasteiger partial charge in [-0.1, -0.05) is 54.6 Å². The normalized spacial score (nSPS) is 15.1. The molecule has 0 spiro atoms. The van der Waals surface area contributed by atoms with Crippen LogP contribution < -0.4 is 4.74 Å². The van der Waals surface area contributed by atoms with Crippen LogP contribution in [0, 0.1) is 0 Å². The number of amides is 1. The minimum atomic E-state index is -0.610. The Morgan fingerprint density at radius 2 is 1.64 bits per heavy atom. The number of nitrogens with zero attached hydrogens (tertiary/aromatic N) is 2. The number of hydrogen-bond donors (Lipinski definition) is 0. The van der Waals surface area contributed by atoms with Gasteiger partial charge in [-0.05, 0) is 82.2 Å². The van der Waals surface area contributed by atoms with Gasteiger partial charge in [0, 0.05) is 37.1 Å². The van der Waals surface area contributed by atoms with Crippen LogP contribution in [-0.2, 0) is 9.47 Å². The average Bonchev–Trinajstić information content (AvgIpc) is 2.97. The highest BCUT2D eigenvalue weighted by molar-refractivity contribution is 5.89. The first-order chi connectivity index (χ1) is 20.0. The van der Waals surface area contributed by atoms with E-state index in [-0.39, 0.29) is 24.7 Å². The molecule has 0 saturated carbocycles. The Kier molecular flexibility index (Phi) is 10.3. The zero-order valence-electron chi connectivity index (χ0n) is 25.8. The van der Waals surface area contributed by atoms with Crippen LogP contribution in [0.4, 0.5) is 4.79 Å². The highest BCUT2D eigenvalue weighted by atomic mass is 16.6. The van der Waals surface area contributed by atoms with Crippen molar-refractivity contribution in [1.29, 1.82) is 0 Å². The summed E-state index contributed by atoms with van der Waals surface area (Å²) in [6, 6.07) is 21.9. The van der Waals surface area contributed by atoms with Gasteiger partial charge in [-0.25, -0.2) is 9.59 Å². The Balaban J connectivity index is 1.64. The number of ether oxygens (including phenoxy) is 3. The molecule has 1 aliphatic heterocycles. The molecule has 7 heteroatoms. The van der Waals surface area contributed by atoms with Crippen molar-refractivity contribution in [3.63, 3.8) is 0 Å². The first-order valence-corrected chi connectivity index (χ1v) is 14.8. The van der Waals surface area contributed by atoms with Gasteiger partial charge in [-0.2, -0.15) is 0 Å². The minimum Gasteiger partial charge on any atom is -0.489 e. The summed E-state index contributed by atoms with van der Waals surface area (Å²) < 4.78 is 17.2. The van der Waals surface area contributed by atoms with E-state index in [1.54, 1.807) is 12.1 Å². The van der Waals surface area contributed by atoms with Crippen LogP contribution in [0.25, 0.3) is 16.8 Å². The molecular formula is C35H44N2O5. The molecule has 1 saturated heterocycles. The van der Waals surface area contributed by atoms with E-state index in [0.29, 0.717) is 18.2 Å². The van der Waals surface area contributed by atoms with E-state index in [0.717, 1.165) is 53.6 Å². The molecule has 0 bridgehead atoms. The lowest BCUT2D eigenvalue weighted by Gasteiger charge is -2.40. The standard InChI is InChI=1S/C35H44N2O5/c1-25(2)36-20-18-30(19-21-36)37(34(39)42-35(3,4)5)23-27(22-26-14-16-29(17-15-26)33(38)40-6)24-41-32-13-9-11-28-10-7-8-12-31(28)32/h7-17,22,25,30H,18-21,23-24H2,1-6H3/b27-22-.